The monoisotopic (exact) mass is 298 g/mol. The number of benzene rings is 1. The number of hydrogen-bond acceptors (Lipinski definition) is 3. The highest BCUT2D eigenvalue weighted by Gasteiger charge is 2.43. The van der Waals surface area contributed by atoms with Crippen molar-refractivity contribution in [3.05, 3.63) is 22.4 Å². The summed E-state index contributed by atoms with van der Waals surface area (Å²) in [7, 11) is 0. The largest absolute Gasteiger partial charge is 0.490 e. The topological polar surface area (TPSA) is 59.0 Å². The van der Waals surface area contributed by atoms with E-state index in [4.69, 9.17) is 15.7 Å². The molecule has 0 amide bonds. The van der Waals surface area contributed by atoms with Crippen LogP contribution in [0.1, 0.15) is 19.3 Å². The highest BCUT2D eigenvalue weighted by atomic mass is 79.9. The highest BCUT2D eigenvalue weighted by molar-refractivity contribution is 9.10. The van der Waals surface area contributed by atoms with Gasteiger partial charge in [-0.15, -0.1) is 0 Å². The molecule has 5 heteroatoms. The molecule has 0 saturated heterocycles. The summed E-state index contributed by atoms with van der Waals surface area (Å²) in [5, 5.41) is 8.70. The minimum Gasteiger partial charge on any atom is -0.490 e. The van der Waals surface area contributed by atoms with Gasteiger partial charge in [-0.1, -0.05) is 0 Å². The predicted octanol–water partition coefficient (Wildman–Crippen LogP) is 3.24. The number of nitrogen functional groups attached to an aromatic ring is 1. The van der Waals surface area contributed by atoms with Gasteiger partial charge in [-0.3, -0.25) is 0 Å². The lowest BCUT2D eigenvalue weighted by atomic mass is 10.1. The van der Waals surface area contributed by atoms with Crippen molar-refractivity contribution >= 4 is 21.6 Å². The van der Waals surface area contributed by atoms with Gasteiger partial charge in [0, 0.05) is 17.9 Å². The lowest BCUT2D eigenvalue weighted by molar-refractivity contribution is 0.236. The molecule has 1 fully saturated rings. The molecular weight excluding hydrogens is 287 g/mol. The number of hydrogen-bond donors (Lipinski definition) is 1. The van der Waals surface area contributed by atoms with Crippen LogP contribution in [0.5, 0.6) is 5.75 Å². The molecule has 1 aliphatic carbocycles. The second-order valence-corrected chi connectivity index (χ2v) is 5.28. The second kappa shape index (κ2) is 4.53. The van der Waals surface area contributed by atoms with Gasteiger partial charge in [0.1, 0.15) is 5.82 Å². The first-order valence-corrected chi connectivity index (χ1v) is 6.10. The van der Waals surface area contributed by atoms with Crippen molar-refractivity contribution in [1.82, 2.24) is 0 Å². The van der Waals surface area contributed by atoms with Crippen molar-refractivity contribution in [3.63, 3.8) is 0 Å². The number of nitrogens with zero attached hydrogens (tertiary/aromatic N) is 1. The van der Waals surface area contributed by atoms with E-state index in [2.05, 4.69) is 22.0 Å². The Morgan fingerprint density at radius 2 is 2.24 bits per heavy atom. The van der Waals surface area contributed by atoms with Gasteiger partial charge in [-0.05, 0) is 34.8 Å². The number of nitriles is 1. The van der Waals surface area contributed by atoms with Crippen LogP contribution in [0, 0.1) is 22.6 Å². The Hall–Kier alpha value is -1.28. The Balaban J connectivity index is 2.07. The van der Waals surface area contributed by atoms with Crippen molar-refractivity contribution in [2.45, 2.75) is 19.3 Å². The third-order valence-electron chi connectivity index (χ3n) is 2.97. The molecule has 2 N–H and O–H groups in total. The number of ether oxygens (including phenoxy) is 1. The van der Waals surface area contributed by atoms with Crippen LogP contribution in [-0.4, -0.2) is 6.61 Å². The van der Waals surface area contributed by atoms with Crippen molar-refractivity contribution < 1.29 is 9.13 Å². The van der Waals surface area contributed by atoms with Crippen LogP contribution in [-0.2, 0) is 0 Å². The summed E-state index contributed by atoms with van der Waals surface area (Å²) in [5.74, 6) is 0.0514. The van der Waals surface area contributed by atoms with Crippen LogP contribution in [0.2, 0.25) is 0 Å². The van der Waals surface area contributed by atoms with Crippen molar-refractivity contribution in [1.29, 1.82) is 5.26 Å². The molecule has 17 heavy (non-hydrogen) atoms. The molecule has 2 rings (SSSR count). The van der Waals surface area contributed by atoms with Gasteiger partial charge in [-0.25, -0.2) is 4.39 Å². The minimum atomic E-state index is -0.403. The van der Waals surface area contributed by atoms with Crippen LogP contribution in [0.4, 0.5) is 10.1 Å². The Bertz CT molecular complexity index is 457. The second-order valence-electron chi connectivity index (χ2n) is 4.43. The molecule has 3 nitrogen and oxygen atoms in total. The molecule has 1 aromatic carbocycles. The molecule has 1 aromatic rings. The van der Waals surface area contributed by atoms with E-state index >= 15 is 0 Å². The summed E-state index contributed by atoms with van der Waals surface area (Å²) in [5.41, 5.74) is 5.94. The fourth-order valence-electron chi connectivity index (χ4n) is 1.67. The average molecular weight is 299 g/mol. The van der Waals surface area contributed by atoms with Gasteiger partial charge < -0.3 is 10.5 Å². The summed E-state index contributed by atoms with van der Waals surface area (Å²) in [6, 6.07) is 4.70. The Kier molecular flexibility index (Phi) is 3.25. The quantitative estimate of drug-likeness (QED) is 0.868. The van der Waals surface area contributed by atoms with E-state index in [1.54, 1.807) is 0 Å². The number of nitrogens with two attached hydrogens (primary N) is 1. The zero-order valence-electron chi connectivity index (χ0n) is 9.17. The zero-order chi connectivity index (χ0) is 12.5. The van der Waals surface area contributed by atoms with Crippen LogP contribution in [0.25, 0.3) is 0 Å². The molecule has 0 spiro atoms. The summed E-state index contributed by atoms with van der Waals surface area (Å²) in [6.07, 6.45) is 2.49. The Labute approximate surface area is 107 Å². The zero-order valence-corrected chi connectivity index (χ0v) is 10.8. The number of halogens is 2. The molecule has 0 unspecified atom stereocenters. The van der Waals surface area contributed by atoms with Gasteiger partial charge >= 0.3 is 0 Å². The van der Waals surface area contributed by atoms with E-state index in [1.165, 1.54) is 12.1 Å². The lowest BCUT2D eigenvalue weighted by Gasteiger charge is -2.15. The SMILES string of the molecule is N#CCC1(COc2c(N)cc(F)cc2Br)CC1. The molecule has 0 atom stereocenters. The van der Waals surface area contributed by atoms with Crippen molar-refractivity contribution in [3.8, 4) is 11.8 Å². The highest BCUT2D eigenvalue weighted by Crippen LogP contribution is 2.49. The first kappa shape index (κ1) is 12.2. The van der Waals surface area contributed by atoms with Gasteiger partial charge in [-0.2, -0.15) is 5.26 Å². The van der Waals surface area contributed by atoms with E-state index in [0.29, 0.717) is 23.2 Å². The maximum absolute atomic E-state index is 13.0. The number of rotatable bonds is 4. The molecule has 1 saturated carbocycles. The maximum atomic E-state index is 13.0. The fraction of sp³-hybridized carbons (Fsp3) is 0.417. The van der Waals surface area contributed by atoms with E-state index in [9.17, 15) is 4.39 Å². The summed E-state index contributed by atoms with van der Waals surface area (Å²) >= 11 is 3.22. The standard InChI is InChI=1S/C12H12BrFN2O/c13-9-5-8(14)6-10(16)11(9)17-7-12(1-2-12)3-4-15/h5-6H,1-3,7,16H2. The van der Waals surface area contributed by atoms with Crippen LogP contribution >= 0.6 is 15.9 Å². The van der Waals surface area contributed by atoms with Crippen LogP contribution in [0.3, 0.4) is 0 Å². The first-order valence-electron chi connectivity index (χ1n) is 5.31. The van der Waals surface area contributed by atoms with Gasteiger partial charge in [0.25, 0.3) is 0 Å². The maximum Gasteiger partial charge on any atom is 0.156 e. The smallest absolute Gasteiger partial charge is 0.156 e. The molecule has 90 valence electrons. The Morgan fingerprint density at radius 3 is 2.76 bits per heavy atom. The number of anilines is 1. The predicted molar refractivity (Wildman–Crippen MR) is 65.9 cm³/mol. The molecule has 0 radical (unpaired) electrons. The molecule has 1 aliphatic rings. The van der Waals surface area contributed by atoms with E-state index in [0.717, 1.165) is 12.8 Å². The molecule has 0 heterocycles. The third-order valence-corrected chi connectivity index (χ3v) is 3.56. The molecule has 0 aromatic heterocycles. The van der Waals surface area contributed by atoms with Crippen LogP contribution < -0.4 is 10.5 Å². The fourth-order valence-corrected chi connectivity index (χ4v) is 2.24. The molecule has 0 bridgehead atoms. The van der Waals surface area contributed by atoms with Crippen LogP contribution in [0.15, 0.2) is 16.6 Å². The van der Waals surface area contributed by atoms with E-state index in [-0.39, 0.29) is 11.1 Å². The van der Waals surface area contributed by atoms with Crippen molar-refractivity contribution in [2.24, 2.45) is 5.41 Å². The summed E-state index contributed by atoms with van der Waals surface area (Å²) in [4.78, 5) is 0. The molecule has 0 aliphatic heterocycles. The lowest BCUT2D eigenvalue weighted by Crippen LogP contribution is -2.13. The normalized spacial score (nSPS) is 16.3. The molecular formula is C12H12BrFN2O. The van der Waals surface area contributed by atoms with Gasteiger partial charge in [0.15, 0.2) is 5.75 Å². The van der Waals surface area contributed by atoms with Gasteiger partial charge in [0.05, 0.1) is 22.8 Å². The van der Waals surface area contributed by atoms with Gasteiger partial charge in [0.2, 0.25) is 0 Å². The summed E-state index contributed by atoms with van der Waals surface area (Å²) < 4.78 is 19.1. The minimum absolute atomic E-state index is 0.0188. The summed E-state index contributed by atoms with van der Waals surface area (Å²) in [6.45, 7) is 0.453. The third kappa shape index (κ3) is 2.70. The Morgan fingerprint density at radius 1 is 1.53 bits per heavy atom. The van der Waals surface area contributed by atoms with E-state index < -0.39 is 5.82 Å². The average Bonchev–Trinajstić information content (AvgIpc) is 2.97. The first-order chi connectivity index (χ1) is 8.06. The van der Waals surface area contributed by atoms with Crippen molar-refractivity contribution in [2.75, 3.05) is 12.3 Å². The van der Waals surface area contributed by atoms with E-state index in [1.807, 2.05) is 0 Å².